The summed E-state index contributed by atoms with van der Waals surface area (Å²) in [5.74, 6) is -0.314. The van der Waals surface area contributed by atoms with Gasteiger partial charge >= 0.3 is 5.97 Å². The third-order valence-corrected chi connectivity index (χ3v) is 5.32. The fraction of sp³-hybridized carbons (Fsp3) is 0.429. The second kappa shape index (κ2) is 6.37. The molecule has 0 bridgehead atoms. The Morgan fingerprint density at radius 1 is 1.55 bits per heavy atom. The van der Waals surface area contributed by atoms with Crippen molar-refractivity contribution in [2.75, 3.05) is 19.1 Å². The molecule has 1 atom stereocenters. The van der Waals surface area contributed by atoms with Crippen LogP contribution in [0.15, 0.2) is 17.5 Å². The number of esters is 1. The molecule has 2 heterocycles. The molecule has 108 valence electrons. The molecule has 2 aromatic rings. The minimum absolute atomic E-state index is 0.314. The summed E-state index contributed by atoms with van der Waals surface area (Å²) in [5.41, 5.74) is 0.729. The van der Waals surface area contributed by atoms with Crippen molar-refractivity contribution in [1.29, 1.82) is 0 Å². The summed E-state index contributed by atoms with van der Waals surface area (Å²) < 4.78 is 4.77. The highest BCUT2D eigenvalue weighted by Gasteiger charge is 2.20. The maximum atomic E-state index is 11.6. The van der Waals surface area contributed by atoms with Gasteiger partial charge in [-0.2, -0.15) is 0 Å². The van der Waals surface area contributed by atoms with Gasteiger partial charge in [-0.05, 0) is 25.3 Å². The van der Waals surface area contributed by atoms with Gasteiger partial charge in [-0.3, -0.25) is 0 Å². The molecule has 2 aromatic heterocycles. The smallest absolute Gasteiger partial charge is 0.350 e. The number of rotatable bonds is 5. The van der Waals surface area contributed by atoms with Crippen LogP contribution >= 0.6 is 22.7 Å². The van der Waals surface area contributed by atoms with Gasteiger partial charge in [0.25, 0.3) is 0 Å². The number of aryl methyl sites for hydroxylation is 1. The van der Waals surface area contributed by atoms with Crippen LogP contribution in [0, 0.1) is 6.92 Å². The number of aromatic nitrogens is 1. The number of thiazole rings is 1. The lowest BCUT2D eigenvalue weighted by Gasteiger charge is -2.23. The molecule has 0 aliphatic carbocycles. The van der Waals surface area contributed by atoms with Crippen LogP contribution in [0.3, 0.4) is 0 Å². The largest absolute Gasteiger partial charge is 0.465 e. The van der Waals surface area contributed by atoms with Crippen molar-refractivity contribution in [2.24, 2.45) is 0 Å². The Hall–Kier alpha value is -1.40. The van der Waals surface area contributed by atoms with Crippen LogP contribution in [0.2, 0.25) is 0 Å². The zero-order chi connectivity index (χ0) is 14.7. The maximum Gasteiger partial charge on any atom is 0.350 e. The normalized spacial score (nSPS) is 12.2. The topological polar surface area (TPSA) is 42.4 Å². The van der Waals surface area contributed by atoms with E-state index in [9.17, 15) is 4.79 Å². The minimum atomic E-state index is -0.314. The first-order chi connectivity index (χ1) is 9.52. The van der Waals surface area contributed by atoms with Crippen molar-refractivity contribution >= 4 is 33.8 Å². The minimum Gasteiger partial charge on any atom is -0.465 e. The fourth-order valence-electron chi connectivity index (χ4n) is 1.86. The number of carbonyl (C=O) groups excluding carboxylic acids is 1. The number of nitrogens with zero attached hydrogens (tertiary/aromatic N) is 2. The van der Waals surface area contributed by atoms with Gasteiger partial charge < -0.3 is 9.64 Å². The quantitative estimate of drug-likeness (QED) is 0.794. The molecule has 0 fully saturated rings. The Morgan fingerprint density at radius 2 is 2.30 bits per heavy atom. The first kappa shape index (κ1) is 15.0. The SMILES string of the molecule is COC(=O)c1sc(N(C)C(C)Cc2cccs2)nc1C. The Bertz CT molecular complexity index is 578. The lowest BCUT2D eigenvalue weighted by molar-refractivity contribution is 0.0605. The number of hydrogen-bond acceptors (Lipinski definition) is 6. The van der Waals surface area contributed by atoms with E-state index in [1.807, 2.05) is 14.0 Å². The number of carbonyl (C=O) groups is 1. The van der Waals surface area contributed by atoms with E-state index in [2.05, 4.69) is 34.3 Å². The Morgan fingerprint density at radius 3 is 2.90 bits per heavy atom. The summed E-state index contributed by atoms with van der Waals surface area (Å²) in [6, 6.07) is 4.53. The highest BCUT2D eigenvalue weighted by Crippen LogP contribution is 2.28. The van der Waals surface area contributed by atoms with Crippen LogP contribution in [0.4, 0.5) is 5.13 Å². The predicted octanol–water partition coefficient (Wildman–Crippen LogP) is 3.37. The summed E-state index contributed by atoms with van der Waals surface area (Å²) in [4.78, 5) is 20.2. The first-order valence-electron chi connectivity index (χ1n) is 6.34. The van der Waals surface area contributed by atoms with E-state index < -0.39 is 0 Å². The monoisotopic (exact) mass is 310 g/mol. The van der Waals surface area contributed by atoms with Crippen molar-refractivity contribution in [1.82, 2.24) is 4.98 Å². The number of hydrogen-bond donors (Lipinski definition) is 0. The second-order valence-corrected chi connectivity index (χ2v) is 6.66. The third kappa shape index (κ3) is 3.19. The van der Waals surface area contributed by atoms with Gasteiger partial charge in [-0.1, -0.05) is 17.4 Å². The number of anilines is 1. The molecule has 0 radical (unpaired) electrons. The molecule has 0 N–H and O–H groups in total. The molecule has 0 spiro atoms. The van der Waals surface area contributed by atoms with Gasteiger partial charge in [0.15, 0.2) is 5.13 Å². The van der Waals surface area contributed by atoms with Gasteiger partial charge in [-0.25, -0.2) is 9.78 Å². The zero-order valence-electron chi connectivity index (χ0n) is 12.0. The molecule has 20 heavy (non-hydrogen) atoms. The van der Waals surface area contributed by atoms with Gasteiger partial charge in [-0.15, -0.1) is 11.3 Å². The molecule has 0 aliphatic heterocycles. The lowest BCUT2D eigenvalue weighted by Crippen LogP contribution is -2.30. The molecule has 0 amide bonds. The molecule has 0 saturated carbocycles. The highest BCUT2D eigenvalue weighted by molar-refractivity contribution is 7.17. The van der Waals surface area contributed by atoms with Crippen LogP contribution < -0.4 is 4.90 Å². The van der Waals surface area contributed by atoms with Gasteiger partial charge in [0.1, 0.15) is 4.88 Å². The third-order valence-electron chi connectivity index (χ3n) is 3.20. The van der Waals surface area contributed by atoms with E-state index in [0.29, 0.717) is 10.9 Å². The van der Waals surface area contributed by atoms with Crippen LogP contribution in [0.25, 0.3) is 0 Å². The van der Waals surface area contributed by atoms with E-state index in [1.54, 1.807) is 11.3 Å². The van der Waals surface area contributed by atoms with Crippen molar-refractivity contribution in [2.45, 2.75) is 26.3 Å². The number of likely N-dealkylation sites (N-methyl/N-ethyl adjacent to an activating group) is 1. The fourth-order valence-corrected chi connectivity index (χ4v) is 3.74. The van der Waals surface area contributed by atoms with Crippen molar-refractivity contribution in [3.05, 3.63) is 33.0 Å². The summed E-state index contributed by atoms with van der Waals surface area (Å²) >= 11 is 3.15. The van der Waals surface area contributed by atoms with Crippen LogP contribution in [0.5, 0.6) is 0 Å². The Kier molecular flexibility index (Phi) is 4.77. The maximum absolute atomic E-state index is 11.6. The molecule has 1 unspecified atom stereocenters. The molecule has 0 aromatic carbocycles. The van der Waals surface area contributed by atoms with Crippen molar-refractivity contribution < 1.29 is 9.53 Å². The summed E-state index contributed by atoms with van der Waals surface area (Å²) in [5, 5.41) is 2.94. The van der Waals surface area contributed by atoms with E-state index in [1.165, 1.54) is 23.3 Å². The molecule has 4 nitrogen and oxygen atoms in total. The van der Waals surface area contributed by atoms with Crippen molar-refractivity contribution in [3.63, 3.8) is 0 Å². The molecule has 0 saturated heterocycles. The first-order valence-corrected chi connectivity index (χ1v) is 8.03. The Balaban J connectivity index is 2.12. The summed E-state index contributed by atoms with van der Waals surface area (Å²) in [7, 11) is 3.40. The van der Waals surface area contributed by atoms with Crippen LogP contribution in [0.1, 0.15) is 27.2 Å². The van der Waals surface area contributed by atoms with Gasteiger partial charge in [0.05, 0.1) is 12.8 Å². The zero-order valence-corrected chi connectivity index (χ0v) is 13.7. The lowest BCUT2D eigenvalue weighted by atomic mass is 10.2. The van der Waals surface area contributed by atoms with Crippen LogP contribution in [-0.2, 0) is 11.2 Å². The molecule has 2 rings (SSSR count). The average Bonchev–Trinajstić information content (AvgIpc) is 3.06. The molecule has 6 heteroatoms. The Labute approximate surface area is 127 Å². The highest BCUT2D eigenvalue weighted by atomic mass is 32.1. The molecular formula is C14H18N2O2S2. The van der Waals surface area contributed by atoms with Crippen molar-refractivity contribution in [3.8, 4) is 0 Å². The number of thiophene rings is 1. The van der Waals surface area contributed by atoms with E-state index in [4.69, 9.17) is 4.74 Å². The molecular weight excluding hydrogens is 292 g/mol. The standard InChI is InChI=1S/C14H18N2O2S2/c1-9(8-11-6-5-7-19-11)16(3)14-15-10(2)12(20-14)13(17)18-4/h5-7,9H,8H2,1-4H3. The number of methoxy groups -OCH3 is 1. The van der Waals surface area contributed by atoms with E-state index in [-0.39, 0.29) is 5.97 Å². The predicted molar refractivity (Wildman–Crippen MR) is 84.1 cm³/mol. The summed E-state index contributed by atoms with van der Waals surface area (Å²) in [6.07, 6.45) is 0.973. The van der Waals surface area contributed by atoms with Gasteiger partial charge in [0, 0.05) is 24.4 Å². The van der Waals surface area contributed by atoms with Crippen LogP contribution in [-0.4, -0.2) is 31.2 Å². The van der Waals surface area contributed by atoms with E-state index in [0.717, 1.165) is 17.2 Å². The van der Waals surface area contributed by atoms with E-state index >= 15 is 0 Å². The summed E-state index contributed by atoms with van der Waals surface area (Å²) in [6.45, 7) is 4.00. The number of ether oxygens (including phenoxy) is 1. The second-order valence-electron chi connectivity index (χ2n) is 4.65. The molecule has 0 aliphatic rings. The average molecular weight is 310 g/mol. The van der Waals surface area contributed by atoms with Gasteiger partial charge in [0.2, 0.25) is 0 Å².